The fourth-order valence-electron chi connectivity index (χ4n) is 5.68. The number of nitrogens with zero attached hydrogens (tertiary/aromatic N) is 1. The first-order valence-corrected chi connectivity index (χ1v) is 15.7. The van der Waals surface area contributed by atoms with Crippen LogP contribution in [0.2, 0.25) is 0 Å². The average Bonchev–Trinajstić information content (AvgIpc) is 3.30. The second-order valence-electron chi connectivity index (χ2n) is 11.8. The Morgan fingerprint density at radius 1 is 0.978 bits per heavy atom. The molecule has 0 spiro atoms. The molecule has 45 heavy (non-hydrogen) atoms. The van der Waals surface area contributed by atoms with Gasteiger partial charge in [0.1, 0.15) is 19.3 Å². The van der Waals surface area contributed by atoms with Crippen LogP contribution < -0.4 is 5.32 Å². The monoisotopic (exact) mass is 626 g/mol. The molecular formula is C34H46N2O9. The minimum atomic E-state index is -0.864. The number of amides is 1. The Balaban J connectivity index is 1.29. The van der Waals surface area contributed by atoms with Crippen molar-refractivity contribution in [2.24, 2.45) is 11.8 Å². The Kier molecular flexibility index (Phi) is 15.0. The molecule has 0 radical (unpaired) electrons. The first-order valence-electron chi connectivity index (χ1n) is 15.7. The number of nitrogens with one attached hydrogen (secondary N) is 1. The summed E-state index contributed by atoms with van der Waals surface area (Å²) in [5.41, 5.74) is 2.49. The molecule has 1 amide bonds. The zero-order valence-corrected chi connectivity index (χ0v) is 25.8. The van der Waals surface area contributed by atoms with Crippen LogP contribution in [0.15, 0.2) is 66.7 Å². The number of unbranched alkanes of at least 4 members (excludes halogenated alkanes) is 1. The lowest BCUT2D eigenvalue weighted by Gasteiger charge is -2.23. The lowest BCUT2D eigenvalue weighted by molar-refractivity contribution is -0.763. The number of ether oxygens (including phenoxy) is 1. The van der Waals surface area contributed by atoms with E-state index in [1.54, 1.807) is 31.2 Å². The molecule has 2 aromatic rings. The van der Waals surface area contributed by atoms with Gasteiger partial charge >= 0.3 is 5.97 Å². The maximum Gasteiger partial charge on any atom is 0.328 e. The molecule has 1 aliphatic carbocycles. The summed E-state index contributed by atoms with van der Waals surface area (Å²) < 4.78 is 5.26. The molecule has 11 heteroatoms. The number of allylic oxidation sites excluding steroid dienone is 2. The Labute approximate surface area is 264 Å². The summed E-state index contributed by atoms with van der Waals surface area (Å²) in [4.78, 5) is 39.2. The number of benzene rings is 2. The van der Waals surface area contributed by atoms with Gasteiger partial charge in [0.05, 0.1) is 18.3 Å². The highest BCUT2D eigenvalue weighted by Gasteiger charge is 2.40. The van der Waals surface area contributed by atoms with Gasteiger partial charge in [-0.05, 0) is 86.8 Å². The minimum Gasteiger partial charge on any atom is -0.459 e. The van der Waals surface area contributed by atoms with E-state index in [1.165, 1.54) is 5.56 Å². The SMILES string of the molecule is CC(NC(=O)CCCC=CC[C@@H]1[C@@H](CC[C@@H](O)CCc2ccccc2)[C@H](O)C[C@@H]1O)C(=O)OCc1ccc(CO[N+](=O)[O-])cc1. The minimum absolute atomic E-state index is 0.00261. The van der Waals surface area contributed by atoms with E-state index >= 15 is 0 Å². The van der Waals surface area contributed by atoms with Crippen molar-refractivity contribution in [3.63, 3.8) is 0 Å². The van der Waals surface area contributed by atoms with E-state index in [4.69, 9.17) is 4.74 Å². The van der Waals surface area contributed by atoms with E-state index in [1.807, 2.05) is 42.5 Å². The molecule has 6 atom stereocenters. The molecule has 0 aromatic heterocycles. The van der Waals surface area contributed by atoms with E-state index < -0.39 is 35.4 Å². The number of aliphatic hydroxyl groups excluding tert-OH is 3. The van der Waals surface area contributed by atoms with E-state index in [0.29, 0.717) is 56.1 Å². The van der Waals surface area contributed by atoms with Gasteiger partial charge in [-0.25, -0.2) is 4.79 Å². The molecule has 1 fully saturated rings. The number of hydrogen-bond donors (Lipinski definition) is 4. The molecule has 246 valence electrons. The lowest BCUT2D eigenvalue weighted by Crippen LogP contribution is -2.39. The predicted octanol–water partition coefficient (Wildman–Crippen LogP) is 4.19. The summed E-state index contributed by atoms with van der Waals surface area (Å²) in [7, 11) is 0. The predicted molar refractivity (Wildman–Crippen MR) is 167 cm³/mol. The van der Waals surface area contributed by atoms with Crippen LogP contribution in [0.5, 0.6) is 0 Å². The number of hydrogen-bond acceptors (Lipinski definition) is 9. The van der Waals surface area contributed by atoms with Crippen molar-refractivity contribution in [3.8, 4) is 0 Å². The number of carbonyl (C=O) groups excluding carboxylic acids is 2. The number of carbonyl (C=O) groups is 2. The van der Waals surface area contributed by atoms with Gasteiger partial charge in [-0.15, -0.1) is 10.1 Å². The number of esters is 1. The fourth-order valence-corrected chi connectivity index (χ4v) is 5.68. The van der Waals surface area contributed by atoms with Crippen LogP contribution in [0.3, 0.4) is 0 Å². The van der Waals surface area contributed by atoms with Crippen molar-refractivity contribution in [2.45, 2.75) is 102 Å². The molecule has 0 saturated heterocycles. The van der Waals surface area contributed by atoms with Crippen molar-refractivity contribution < 1.29 is 39.6 Å². The van der Waals surface area contributed by atoms with Crippen LogP contribution in [0.25, 0.3) is 0 Å². The summed E-state index contributed by atoms with van der Waals surface area (Å²) in [5.74, 6) is -0.978. The molecule has 4 N–H and O–H groups in total. The third-order valence-electron chi connectivity index (χ3n) is 8.28. The standard InChI is InChI=1S/C34H46N2O9/c1-24(34(41)44-22-26-13-15-27(16-14-26)23-45-36(42)43)35-33(40)12-8-3-2-7-11-29-30(32(39)21-31(29)38)20-19-28(37)18-17-25-9-5-4-6-10-25/h2,4-7,9-10,13-16,24,28-32,37-39H,3,8,11-12,17-23H2,1H3,(H,35,40)/t24?,28-,29+,30+,31-,32+/m0/s1. The third kappa shape index (κ3) is 13.0. The molecule has 0 heterocycles. The van der Waals surface area contributed by atoms with Crippen LogP contribution >= 0.6 is 0 Å². The molecule has 3 rings (SSSR count). The van der Waals surface area contributed by atoms with Crippen LogP contribution in [0, 0.1) is 22.0 Å². The highest BCUT2D eigenvalue weighted by molar-refractivity contribution is 5.84. The lowest BCUT2D eigenvalue weighted by atomic mass is 9.85. The van der Waals surface area contributed by atoms with Gasteiger partial charge < -0.3 is 30.2 Å². The quantitative estimate of drug-likeness (QED) is 0.0587. The maximum atomic E-state index is 12.3. The Morgan fingerprint density at radius 3 is 2.33 bits per heavy atom. The number of rotatable bonds is 19. The highest BCUT2D eigenvalue weighted by Crippen LogP contribution is 2.38. The molecule has 1 aliphatic rings. The normalized spacial score (nSPS) is 20.9. The van der Waals surface area contributed by atoms with Gasteiger partial charge in [0, 0.05) is 6.42 Å². The zero-order chi connectivity index (χ0) is 32.6. The second-order valence-corrected chi connectivity index (χ2v) is 11.8. The van der Waals surface area contributed by atoms with Gasteiger partial charge in [0.2, 0.25) is 5.91 Å². The average molecular weight is 627 g/mol. The highest BCUT2D eigenvalue weighted by atomic mass is 16.9. The van der Waals surface area contributed by atoms with Crippen LogP contribution in [-0.2, 0) is 38.8 Å². The second kappa shape index (κ2) is 18.9. The zero-order valence-electron chi connectivity index (χ0n) is 25.8. The summed E-state index contributed by atoms with van der Waals surface area (Å²) in [6, 6.07) is 15.9. The summed E-state index contributed by atoms with van der Waals surface area (Å²) in [6.07, 6.45) is 7.49. The van der Waals surface area contributed by atoms with E-state index in [9.17, 15) is 35.0 Å². The summed E-state index contributed by atoms with van der Waals surface area (Å²) in [5, 5.41) is 43.6. The molecule has 11 nitrogen and oxygen atoms in total. The Bertz CT molecular complexity index is 1220. The fraction of sp³-hybridized carbons (Fsp3) is 0.529. The van der Waals surface area contributed by atoms with Crippen molar-refractivity contribution in [1.29, 1.82) is 0 Å². The van der Waals surface area contributed by atoms with Crippen molar-refractivity contribution in [1.82, 2.24) is 5.32 Å². The smallest absolute Gasteiger partial charge is 0.328 e. The van der Waals surface area contributed by atoms with Crippen molar-refractivity contribution >= 4 is 11.9 Å². The van der Waals surface area contributed by atoms with Crippen LogP contribution in [0.1, 0.15) is 75.0 Å². The van der Waals surface area contributed by atoms with Crippen molar-refractivity contribution in [2.75, 3.05) is 0 Å². The first-order chi connectivity index (χ1) is 21.6. The Morgan fingerprint density at radius 2 is 1.64 bits per heavy atom. The maximum absolute atomic E-state index is 12.3. The van der Waals surface area contributed by atoms with E-state index in [2.05, 4.69) is 10.2 Å². The molecule has 0 bridgehead atoms. The largest absolute Gasteiger partial charge is 0.459 e. The van der Waals surface area contributed by atoms with Crippen molar-refractivity contribution in [3.05, 3.63) is 93.6 Å². The molecule has 2 aromatic carbocycles. The first kappa shape index (κ1) is 35.7. The summed E-state index contributed by atoms with van der Waals surface area (Å²) in [6.45, 7) is 1.39. The topological polar surface area (TPSA) is 168 Å². The summed E-state index contributed by atoms with van der Waals surface area (Å²) >= 11 is 0. The number of aryl methyl sites for hydroxylation is 1. The molecule has 1 saturated carbocycles. The van der Waals surface area contributed by atoms with Gasteiger partial charge in [0.15, 0.2) is 0 Å². The van der Waals surface area contributed by atoms with Gasteiger partial charge in [0.25, 0.3) is 5.09 Å². The van der Waals surface area contributed by atoms with E-state index in [-0.39, 0.29) is 37.4 Å². The Hall–Kier alpha value is -3.80. The molecular weight excluding hydrogens is 580 g/mol. The van der Waals surface area contributed by atoms with Crippen LogP contribution in [0.4, 0.5) is 0 Å². The van der Waals surface area contributed by atoms with Gasteiger partial charge in [-0.3, -0.25) is 4.79 Å². The van der Waals surface area contributed by atoms with Gasteiger partial charge in [-0.1, -0.05) is 66.7 Å². The number of aliphatic hydroxyl groups is 3. The molecule has 0 aliphatic heterocycles. The molecule has 1 unspecified atom stereocenters. The third-order valence-corrected chi connectivity index (χ3v) is 8.28. The van der Waals surface area contributed by atoms with Crippen LogP contribution in [-0.4, -0.2) is 56.6 Å². The van der Waals surface area contributed by atoms with E-state index in [0.717, 1.165) is 6.42 Å². The van der Waals surface area contributed by atoms with Gasteiger partial charge in [-0.2, -0.15) is 0 Å².